The van der Waals surface area contributed by atoms with Crippen molar-refractivity contribution in [3.63, 3.8) is 0 Å². The molecule has 0 saturated heterocycles. The van der Waals surface area contributed by atoms with Gasteiger partial charge in [0.2, 0.25) is 0 Å². The van der Waals surface area contributed by atoms with Crippen LogP contribution in [0.25, 0.3) is 0 Å². The molecule has 3 heteroatoms. The maximum Gasteiger partial charge on any atom is 0.0593 e. The van der Waals surface area contributed by atoms with Crippen molar-refractivity contribution in [2.45, 2.75) is 19.3 Å². The molecule has 0 amide bonds. The van der Waals surface area contributed by atoms with Crippen LogP contribution in [0.15, 0.2) is 24.3 Å². The maximum atomic E-state index is 5.41. The summed E-state index contributed by atoms with van der Waals surface area (Å²) in [5, 5.41) is 3.47. The lowest BCUT2D eigenvalue weighted by molar-refractivity contribution is 0.120. The molecule has 1 aromatic rings. The SMILES string of the molecule is CCOCCN(C)CC1CCNc2ccccc21. The van der Waals surface area contributed by atoms with Gasteiger partial charge in [-0.05, 0) is 32.0 Å². The van der Waals surface area contributed by atoms with Crippen molar-refractivity contribution in [2.75, 3.05) is 45.2 Å². The van der Waals surface area contributed by atoms with Gasteiger partial charge < -0.3 is 15.0 Å². The van der Waals surface area contributed by atoms with Crippen molar-refractivity contribution < 1.29 is 4.74 Å². The van der Waals surface area contributed by atoms with E-state index in [0.29, 0.717) is 5.92 Å². The molecular formula is C15H24N2O. The van der Waals surface area contributed by atoms with Crippen molar-refractivity contribution in [1.82, 2.24) is 4.90 Å². The Morgan fingerprint density at radius 2 is 2.22 bits per heavy atom. The Morgan fingerprint density at radius 1 is 1.39 bits per heavy atom. The van der Waals surface area contributed by atoms with Crippen LogP contribution in [-0.2, 0) is 4.74 Å². The number of nitrogens with zero attached hydrogens (tertiary/aromatic N) is 1. The predicted molar refractivity (Wildman–Crippen MR) is 76.3 cm³/mol. The number of fused-ring (bicyclic) bond motifs is 1. The Morgan fingerprint density at radius 3 is 3.06 bits per heavy atom. The van der Waals surface area contributed by atoms with Crippen LogP contribution in [-0.4, -0.2) is 44.8 Å². The van der Waals surface area contributed by atoms with E-state index in [9.17, 15) is 0 Å². The number of nitrogens with one attached hydrogen (secondary N) is 1. The molecule has 1 atom stereocenters. The third kappa shape index (κ3) is 3.47. The van der Waals surface area contributed by atoms with Crippen LogP contribution in [0.1, 0.15) is 24.8 Å². The van der Waals surface area contributed by atoms with E-state index in [4.69, 9.17) is 4.74 Å². The smallest absolute Gasteiger partial charge is 0.0593 e. The molecule has 3 nitrogen and oxygen atoms in total. The van der Waals surface area contributed by atoms with E-state index in [1.54, 1.807) is 0 Å². The van der Waals surface area contributed by atoms with Crippen LogP contribution in [0.5, 0.6) is 0 Å². The molecule has 0 radical (unpaired) electrons. The summed E-state index contributed by atoms with van der Waals surface area (Å²) in [4.78, 5) is 2.38. The summed E-state index contributed by atoms with van der Waals surface area (Å²) in [6, 6.07) is 8.68. The highest BCUT2D eigenvalue weighted by molar-refractivity contribution is 5.54. The zero-order valence-corrected chi connectivity index (χ0v) is 11.5. The summed E-state index contributed by atoms with van der Waals surface area (Å²) >= 11 is 0. The molecule has 0 aromatic heterocycles. The highest BCUT2D eigenvalue weighted by atomic mass is 16.5. The first kappa shape index (κ1) is 13.4. The molecule has 18 heavy (non-hydrogen) atoms. The molecule has 100 valence electrons. The fourth-order valence-electron chi connectivity index (χ4n) is 2.57. The summed E-state index contributed by atoms with van der Waals surface area (Å²) in [5.74, 6) is 0.647. The minimum absolute atomic E-state index is 0.647. The van der Waals surface area contributed by atoms with Crippen LogP contribution in [0, 0.1) is 0 Å². The quantitative estimate of drug-likeness (QED) is 0.783. The first-order valence-corrected chi connectivity index (χ1v) is 6.90. The number of benzene rings is 1. The Hall–Kier alpha value is -1.06. The van der Waals surface area contributed by atoms with Gasteiger partial charge in [0.1, 0.15) is 0 Å². The molecule has 1 N–H and O–H groups in total. The van der Waals surface area contributed by atoms with Gasteiger partial charge in [-0.15, -0.1) is 0 Å². The average molecular weight is 248 g/mol. The number of ether oxygens (including phenoxy) is 1. The number of anilines is 1. The molecular weight excluding hydrogens is 224 g/mol. The third-order valence-corrected chi connectivity index (χ3v) is 3.56. The Kier molecular flexibility index (Phi) is 5.02. The first-order chi connectivity index (χ1) is 8.81. The van der Waals surface area contributed by atoms with Gasteiger partial charge >= 0.3 is 0 Å². The summed E-state index contributed by atoms with van der Waals surface area (Å²) in [6.45, 7) is 6.90. The van der Waals surface area contributed by atoms with Gasteiger partial charge in [-0.2, -0.15) is 0 Å². The van der Waals surface area contributed by atoms with E-state index in [0.717, 1.165) is 32.8 Å². The van der Waals surface area contributed by atoms with Gasteiger partial charge in [0.05, 0.1) is 6.61 Å². The molecule has 0 saturated carbocycles. The predicted octanol–water partition coefficient (Wildman–Crippen LogP) is 2.55. The number of hydrogen-bond acceptors (Lipinski definition) is 3. The average Bonchev–Trinajstić information content (AvgIpc) is 2.39. The van der Waals surface area contributed by atoms with Crippen LogP contribution in [0.4, 0.5) is 5.69 Å². The Labute approximate surface area is 110 Å². The molecule has 0 spiro atoms. The van der Waals surface area contributed by atoms with Crippen molar-refractivity contribution in [1.29, 1.82) is 0 Å². The van der Waals surface area contributed by atoms with E-state index >= 15 is 0 Å². The molecule has 0 aliphatic carbocycles. The lowest BCUT2D eigenvalue weighted by Gasteiger charge is -2.30. The molecule has 1 aliphatic rings. The number of hydrogen-bond donors (Lipinski definition) is 1. The fourth-order valence-corrected chi connectivity index (χ4v) is 2.57. The van der Waals surface area contributed by atoms with Crippen LogP contribution in [0.2, 0.25) is 0 Å². The zero-order valence-electron chi connectivity index (χ0n) is 11.5. The van der Waals surface area contributed by atoms with Crippen molar-refractivity contribution in [3.8, 4) is 0 Å². The standard InChI is InChI=1S/C15H24N2O/c1-3-18-11-10-17(2)12-13-8-9-16-15-7-5-4-6-14(13)15/h4-7,13,16H,3,8-12H2,1-2H3. The molecule has 0 fully saturated rings. The molecule has 1 heterocycles. The minimum Gasteiger partial charge on any atom is -0.385 e. The molecule has 1 unspecified atom stereocenters. The highest BCUT2D eigenvalue weighted by Crippen LogP contribution is 2.31. The van der Waals surface area contributed by atoms with E-state index in [1.807, 2.05) is 6.92 Å². The van der Waals surface area contributed by atoms with Crippen LogP contribution >= 0.6 is 0 Å². The summed E-state index contributed by atoms with van der Waals surface area (Å²) in [5.41, 5.74) is 2.78. The lowest BCUT2D eigenvalue weighted by Crippen LogP contribution is -2.31. The molecule has 1 aliphatic heterocycles. The monoisotopic (exact) mass is 248 g/mol. The van der Waals surface area contributed by atoms with Crippen molar-refractivity contribution in [2.24, 2.45) is 0 Å². The topological polar surface area (TPSA) is 24.5 Å². The van der Waals surface area contributed by atoms with Crippen LogP contribution in [0.3, 0.4) is 0 Å². The number of para-hydroxylation sites is 1. The second-order valence-electron chi connectivity index (χ2n) is 4.96. The van der Waals surface area contributed by atoms with Gasteiger partial charge in [-0.3, -0.25) is 0 Å². The normalized spacial score (nSPS) is 18.5. The van der Waals surface area contributed by atoms with E-state index in [1.165, 1.54) is 17.7 Å². The molecule has 0 bridgehead atoms. The molecule has 2 rings (SSSR count). The van der Waals surface area contributed by atoms with E-state index in [2.05, 4.69) is 41.5 Å². The zero-order chi connectivity index (χ0) is 12.8. The summed E-state index contributed by atoms with van der Waals surface area (Å²) in [6.07, 6.45) is 1.22. The summed E-state index contributed by atoms with van der Waals surface area (Å²) in [7, 11) is 2.18. The third-order valence-electron chi connectivity index (χ3n) is 3.56. The molecule has 1 aromatic carbocycles. The number of rotatable bonds is 6. The Bertz CT molecular complexity index is 367. The largest absolute Gasteiger partial charge is 0.385 e. The second kappa shape index (κ2) is 6.76. The van der Waals surface area contributed by atoms with Gasteiger partial charge in [-0.25, -0.2) is 0 Å². The summed E-state index contributed by atoms with van der Waals surface area (Å²) < 4.78 is 5.41. The van der Waals surface area contributed by atoms with Crippen molar-refractivity contribution in [3.05, 3.63) is 29.8 Å². The van der Waals surface area contributed by atoms with E-state index < -0.39 is 0 Å². The van der Waals surface area contributed by atoms with Gasteiger partial charge in [0, 0.05) is 37.8 Å². The van der Waals surface area contributed by atoms with Gasteiger partial charge in [-0.1, -0.05) is 18.2 Å². The minimum atomic E-state index is 0.647. The fraction of sp³-hybridized carbons (Fsp3) is 0.600. The van der Waals surface area contributed by atoms with Gasteiger partial charge in [0.25, 0.3) is 0 Å². The second-order valence-corrected chi connectivity index (χ2v) is 4.96. The highest BCUT2D eigenvalue weighted by Gasteiger charge is 2.20. The van der Waals surface area contributed by atoms with Crippen LogP contribution < -0.4 is 5.32 Å². The maximum absolute atomic E-state index is 5.41. The van der Waals surface area contributed by atoms with E-state index in [-0.39, 0.29) is 0 Å². The Balaban J connectivity index is 1.90. The number of likely N-dealkylation sites (N-methyl/N-ethyl adjacent to an activating group) is 1. The lowest BCUT2D eigenvalue weighted by atomic mass is 9.90. The first-order valence-electron chi connectivity index (χ1n) is 6.90. The van der Waals surface area contributed by atoms with Crippen molar-refractivity contribution >= 4 is 5.69 Å². The van der Waals surface area contributed by atoms with Gasteiger partial charge in [0.15, 0.2) is 0 Å².